The molecular formula is C60H103NO8. The van der Waals surface area contributed by atoms with E-state index in [4.69, 9.17) is 9.47 Å². The van der Waals surface area contributed by atoms with E-state index in [0.29, 0.717) is 6.42 Å². The molecule has 396 valence electrons. The van der Waals surface area contributed by atoms with Gasteiger partial charge in [0.25, 0.3) is 0 Å². The number of unbranched alkanes of at least 4 members (excludes halogenated alkanes) is 22. The SMILES string of the molecule is CC/C=C\C/C=C\C/C=C\C/C=C\C/C=C\C/C=C\CCCCCCCCCCCCCCCCCCCCCCC(=O)NC(COC1OC(CO)C(O)C(O)C1O)C(O)/C=C/CC/C=C/CCC. The molecule has 0 saturated carbocycles. The van der Waals surface area contributed by atoms with Crippen LogP contribution in [0.15, 0.2) is 97.2 Å². The zero-order chi connectivity index (χ0) is 50.1. The van der Waals surface area contributed by atoms with Gasteiger partial charge in [-0.15, -0.1) is 0 Å². The molecular weight excluding hydrogens is 863 g/mol. The van der Waals surface area contributed by atoms with Crippen molar-refractivity contribution in [2.75, 3.05) is 13.2 Å². The van der Waals surface area contributed by atoms with Crippen LogP contribution in [0.4, 0.5) is 0 Å². The van der Waals surface area contributed by atoms with E-state index in [9.17, 15) is 30.3 Å². The molecule has 0 bridgehead atoms. The van der Waals surface area contributed by atoms with Crippen LogP contribution >= 0.6 is 0 Å². The summed E-state index contributed by atoms with van der Waals surface area (Å²) in [6.45, 7) is 3.52. The lowest BCUT2D eigenvalue weighted by Gasteiger charge is -2.40. The van der Waals surface area contributed by atoms with Gasteiger partial charge in [0, 0.05) is 6.42 Å². The lowest BCUT2D eigenvalue weighted by molar-refractivity contribution is -0.302. The van der Waals surface area contributed by atoms with Crippen molar-refractivity contribution >= 4 is 5.91 Å². The minimum Gasteiger partial charge on any atom is -0.394 e. The van der Waals surface area contributed by atoms with Crippen molar-refractivity contribution in [3.63, 3.8) is 0 Å². The van der Waals surface area contributed by atoms with Gasteiger partial charge < -0.3 is 40.3 Å². The van der Waals surface area contributed by atoms with Crippen LogP contribution in [0, 0.1) is 0 Å². The fourth-order valence-electron chi connectivity index (χ4n) is 8.24. The van der Waals surface area contributed by atoms with Crippen LogP contribution in [0.25, 0.3) is 0 Å². The van der Waals surface area contributed by atoms with Gasteiger partial charge in [-0.1, -0.05) is 233 Å². The van der Waals surface area contributed by atoms with Crippen LogP contribution in [0.3, 0.4) is 0 Å². The molecule has 1 heterocycles. The second kappa shape index (κ2) is 48.7. The van der Waals surface area contributed by atoms with Crippen molar-refractivity contribution in [2.45, 2.75) is 262 Å². The number of allylic oxidation sites excluding steroid dienone is 15. The lowest BCUT2D eigenvalue weighted by Crippen LogP contribution is -2.60. The van der Waals surface area contributed by atoms with E-state index in [-0.39, 0.29) is 12.5 Å². The number of aliphatic hydroxyl groups is 5. The number of carbonyl (C=O) groups excluding carboxylic acids is 1. The Labute approximate surface area is 422 Å². The highest BCUT2D eigenvalue weighted by Crippen LogP contribution is 2.23. The summed E-state index contributed by atoms with van der Waals surface area (Å²) in [7, 11) is 0. The zero-order valence-electron chi connectivity index (χ0n) is 43.8. The van der Waals surface area contributed by atoms with Crippen molar-refractivity contribution in [3.8, 4) is 0 Å². The Morgan fingerprint density at radius 1 is 0.507 bits per heavy atom. The van der Waals surface area contributed by atoms with Crippen molar-refractivity contribution in [3.05, 3.63) is 97.2 Å². The van der Waals surface area contributed by atoms with E-state index < -0.39 is 49.5 Å². The number of rotatable bonds is 46. The number of carbonyl (C=O) groups is 1. The summed E-state index contributed by atoms with van der Waals surface area (Å²) in [6, 6.07) is -0.821. The highest BCUT2D eigenvalue weighted by molar-refractivity contribution is 5.76. The Kier molecular flexibility index (Phi) is 45.3. The summed E-state index contributed by atoms with van der Waals surface area (Å²) < 4.78 is 11.2. The standard InChI is InChI=1S/C60H103NO8/c1-3-5-7-9-11-12-13-14-15-16-17-18-19-20-21-22-23-24-25-26-27-28-29-30-31-32-33-34-35-36-37-38-39-40-41-42-44-46-48-50-56(64)61-53(54(63)49-47-45-43-10-8-6-4-2)52-68-60-59(67)58(66)57(65)55(51-62)69-60/h5,7-8,10-12,14-15,17-18,20-21,23-24,47,49,53-55,57-60,62-63,65-67H,3-4,6,9,13,16,19,22,25-46,48,50-52H2,1-2H3,(H,61,64)/b7-5-,10-8+,12-11-,15-14-,18-17-,21-20-,24-23-,49-47+. The third-order valence-electron chi connectivity index (χ3n) is 12.6. The van der Waals surface area contributed by atoms with Gasteiger partial charge in [-0.05, 0) is 77.0 Å². The topological polar surface area (TPSA) is 149 Å². The molecule has 1 rings (SSSR count). The van der Waals surface area contributed by atoms with Gasteiger partial charge in [0.1, 0.15) is 24.4 Å². The minimum absolute atomic E-state index is 0.193. The number of amides is 1. The molecule has 9 nitrogen and oxygen atoms in total. The maximum atomic E-state index is 12.9. The molecule has 1 fully saturated rings. The second-order valence-electron chi connectivity index (χ2n) is 19.0. The van der Waals surface area contributed by atoms with E-state index in [2.05, 4.69) is 104 Å². The molecule has 0 aromatic carbocycles. The van der Waals surface area contributed by atoms with Crippen LogP contribution in [0.1, 0.15) is 219 Å². The van der Waals surface area contributed by atoms with Crippen LogP contribution in [-0.4, -0.2) is 87.5 Å². The first-order chi connectivity index (χ1) is 33.8. The van der Waals surface area contributed by atoms with Gasteiger partial charge in [0.15, 0.2) is 6.29 Å². The third-order valence-corrected chi connectivity index (χ3v) is 12.6. The van der Waals surface area contributed by atoms with Gasteiger partial charge in [-0.3, -0.25) is 4.79 Å². The molecule has 7 atom stereocenters. The van der Waals surface area contributed by atoms with Crippen LogP contribution < -0.4 is 5.32 Å². The molecule has 69 heavy (non-hydrogen) atoms. The molecule has 0 aliphatic carbocycles. The first-order valence-corrected chi connectivity index (χ1v) is 28.0. The number of nitrogens with one attached hydrogen (secondary N) is 1. The maximum absolute atomic E-state index is 12.9. The Bertz CT molecular complexity index is 1400. The first-order valence-electron chi connectivity index (χ1n) is 28.0. The molecule has 1 aliphatic rings. The maximum Gasteiger partial charge on any atom is 0.220 e. The number of hydrogen-bond donors (Lipinski definition) is 6. The number of hydrogen-bond acceptors (Lipinski definition) is 8. The normalized spacial score (nSPS) is 20.2. The van der Waals surface area contributed by atoms with Gasteiger partial charge in [-0.25, -0.2) is 0 Å². The summed E-state index contributed by atoms with van der Waals surface area (Å²) in [4.78, 5) is 12.9. The summed E-state index contributed by atoms with van der Waals surface area (Å²) in [5.41, 5.74) is 0. The monoisotopic (exact) mass is 966 g/mol. The predicted octanol–water partition coefficient (Wildman–Crippen LogP) is 13.6. The summed E-state index contributed by atoms with van der Waals surface area (Å²) in [6.07, 6.45) is 63.9. The highest BCUT2D eigenvalue weighted by Gasteiger charge is 2.44. The molecule has 0 radical (unpaired) electrons. The van der Waals surface area contributed by atoms with Crippen molar-refractivity contribution in [2.24, 2.45) is 0 Å². The average molecular weight is 966 g/mol. The quantitative estimate of drug-likeness (QED) is 0.0261. The van der Waals surface area contributed by atoms with E-state index >= 15 is 0 Å². The van der Waals surface area contributed by atoms with E-state index in [0.717, 1.165) is 83.5 Å². The van der Waals surface area contributed by atoms with E-state index in [1.807, 2.05) is 6.08 Å². The van der Waals surface area contributed by atoms with Gasteiger partial charge in [0.2, 0.25) is 5.91 Å². The van der Waals surface area contributed by atoms with Crippen molar-refractivity contribution in [1.82, 2.24) is 5.32 Å². The molecule has 7 unspecified atom stereocenters. The van der Waals surface area contributed by atoms with E-state index in [1.54, 1.807) is 6.08 Å². The lowest BCUT2D eigenvalue weighted by atomic mass is 9.99. The molecule has 0 aromatic rings. The minimum atomic E-state index is -1.57. The second-order valence-corrected chi connectivity index (χ2v) is 19.0. The van der Waals surface area contributed by atoms with Crippen LogP contribution in [0.2, 0.25) is 0 Å². The van der Waals surface area contributed by atoms with Crippen LogP contribution in [-0.2, 0) is 14.3 Å². The summed E-state index contributed by atoms with van der Waals surface area (Å²) in [5, 5.41) is 54.0. The molecule has 1 aliphatic heterocycles. The van der Waals surface area contributed by atoms with Crippen molar-refractivity contribution in [1.29, 1.82) is 0 Å². The molecule has 1 saturated heterocycles. The predicted molar refractivity (Wildman–Crippen MR) is 290 cm³/mol. The highest BCUT2D eigenvalue weighted by atomic mass is 16.7. The fourth-order valence-corrected chi connectivity index (χ4v) is 8.24. The van der Waals surface area contributed by atoms with Crippen molar-refractivity contribution < 1.29 is 39.8 Å². The summed E-state index contributed by atoms with van der Waals surface area (Å²) >= 11 is 0. The van der Waals surface area contributed by atoms with E-state index in [1.165, 1.54) is 116 Å². The Hall–Kier alpha value is -2.89. The molecule has 9 heteroatoms. The van der Waals surface area contributed by atoms with Gasteiger partial charge in [0.05, 0.1) is 25.4 Å². The average Bonchev–Trinajstić information content (AvgIpc) is 3.35. The molecule has 6 N–H and O–H groups in total. The number of ether oxygens (including phenoxy) is 2. The first kappa shape index (κ1) is 64.1. The largest absolute Gasteiger partial charge is 0.394 e. The van der Waals surface area contributed by atoms with Gasteiger partial charge >= 0.3 is 0 Å². The van der Waals surface area contributed by atoms with Crippen LogP contribution in [0.5, 0.6) is 0 Å². The fraction of sp³-hybridized carbons (Fsp3) is 0.717. The Morgan fingerprint density at radius 2 is 0.913 bits per heavy atom. The van der Waals surface area contributed by atoms with Gasteiger partial charge in [-0.2, -0.15) is 0 Å². The molecule has 1 amide bonds. The Morgan fingerprint density at radius 3 is 1.38 bits per heavy atom. The zero-order valence-corrected chi connectivity index (χ0v) is 43.8. The molecule has 0 spiro atoms. The smallest absolute Gasteiger partial charge is 0.220 e. The molecule has 0 aromatic heterocycles. The Balaban J connectivity index is 2.01. The summed E-state index contributed by atoms with van der Waals surface area (Å²) in [5.74, 6) is -0.193. The number of aliphatic hydroxyl groups excluding tert-OH is 5. The third kappa shape index (κ3) is 38.5.